The normalized spacial score (nSPS) is 10.8. The highest BCUT2D eigenvalue weighted by Crippen LogP contribution is 2.23. The number of amides is 1. The van der Waals surface area contributed by atoms with E-state index < -0.39 is 0 Å². The molecular weight excluding hydrogens is 372 g/mol. The minimum absolute atomic E-state index is 0.000784. The van der Waals surface area contributed by atoms with Crippen molar-refractivity contribution in [2.45, 2.75) is 30.8 Å². The largest absolute Gasteiger partial charge is 0.397 e. The number of aromatic nitrogens is 4. The van der Waals surface area contributed by atoms with Crippen LogP contribution in [0.5, 0.6) is 0 Å². The molecule has 0 bridgehead atoms. The average Bonchev–Trinajstić information content (AvgIpc) is 3.07. The summed E-state index contributed by atoms with van der Waals surface area (Å²) < 4.78 is 2.00. The Bertz CT molecular complexity index is 912. The molecule has 0 saturated heterocycles. The molecule has 3 rings (SSSR count). The van der Waals surface area contributed by atoms with Crippen LogP contribution in [0.25, 0.3) is 11.4 Å². The zero-order valence-electron chi connectivity index (χ0n) is 15.8. The molecule has 7 nitrogen and oxygen atoms in total. The van der Waals surface area contributed by atoms with Gasteiger partial charge in [0.2, 0.25) is 5.91 Å². The van der Waals surface area contributed by atoms with Crippen LogP contribution in [0, 0.1) is 0 Å². The molecule has 0 atom stereocenters. The van der Waals surface area contributed by atoms with Crippen molar-refractivity contribution in [3.05, 3.63) is 48.8 Å². The molecule has 0 radical (unpaired) electrons. The molecule has 3 aromatic rings. The molecule has 146 valence electrons. The molecule has 0 spiro atoms. The minimum Gasteiger partial charge on any atom is -0.397 e. The summed E-state index contributed by atoms with van der Waals surface area (Å²) in [4.78, 5) is 16.0. The summed E-state index contributed by atoms with van der Waals surface area (Å²) in [7, 11) is 1.97. The number of anilines is 2. The van der Waals surface area contributed by atoms with E-state index in [9.17, 15) is 4.79 Å². The van der Waals surface area contributed by atoms with Crippen molar-refractivity contribution in [1.82, 2.24) is 19.7 Å². The van der Waals surface area contributed by atoms with E-state index in [-0.39, 0.29) is 5.91 Å². The van der Waals surface area contributed by atoms with Crippen LogP contribution in [0.1, 0.15) is 25.7 Å². The summed E-state index contributed by atoms with van der Waals surface area (Å²) in [6, 6.07) is 11.1. The molecule has 0 aliphatic heterocycles. The number of unbranched alkanes of at least 4 members (excludes halogenated alkanes) is 2. The van der Waals surface area contributed by atoms with Crippen molar-refractivity contribution >= 4 is 29.0 Å². The Morgan fingerprint density at radius 1 is 1.11 bits per heavy atom. The van der Waals surface area contributed by atoms with E-state index in [4.69, 9.17) is 5.73 Å². The Balaban J connectivity index is 1.36. The maximum absolute atomic E-state index is 12.0. The first-order valence-corrected chi connectivity index (χ1v) is 10.2. The van der Waals surface area contributed by atoms with Crippen molar-refractivity contribution < 1.29 is 4.79 Å². The summed E-state index contributed by atoms with van der Waals surface area (Å²) in [6.07, 6.45) is 6.84. The molecule has 2 aromatic heterocycles. The van der Waals surface area contributed by atoms with Crippen LogP contribution in [0.2, 0.25) is 0 Å². The molecule has 0 fully saturated rings. The van der Waals surface area contributed by atoms with Crippen LogP contribution in [0.15, 0.2) is 53.9 Å². The lowest BCUT2D eigenvalue weighted by Crippen LogP contribution is -2.12. The number of nitrogen functional groups attached to an aromatic ring is 1. The summed E-state index contributed by atoms with van der Waals surface area (Å²) in [5.41, 5.74) is 8.10. The molecule has 3 N–H and O–H groups in total. The van der Waals surface area contributed by atoms with Gasteiger partial charge in [0, 0.05) is 37.2 Å². The van der Waals surface area contributed by atoms with Crippen molar-refractivity contribution in [1.29, 1.82) is 0 Å². The van der Waals surface area contributed by atoms with Crippen LogP contribution in [0.3, 0.4) is 0 Å². The van der Waals surface area contributed by atoms with Gasteiger partial charge in [0.15, 0.2) is 11.0 Å². The highest BCUT2D eigenvalue weighted by Gasteiger charge is 2.11. The molecule has 2 heterocycles. The van der Waals surface area contributed by atoms with Crippen LogP contribution in [-0.4, -0.2) is 31.4 Å². The Kier molecular flexibility index (Phi) is 7.02. The van der Waals surface area contributed by atoms with E-state index in [1.807, 2.05) is 41.9 Å². The summed E-state index contributed by atoms with van der Waals surface area (Å²) in [5.74, 6) is 1.78. The molecule has 0 aliphatic carbocycles. The number of nitrogens with zero attached hydrogens (tertiary/aromatic N) is 4. The smallest absolute Gasteiger partial charge is 0.224 e. The number of benzene rings is 1. The maximum Gasteiger partial charge on any atom is 0.224 e. The van der Waals surface area contributed by atoms with Crippen LogP contribution >= 0.6 is 11.8 Å². The van der Waals surface area contributed by atoms with Gasteiger partial charge in [-0.2, -0.15) is 0 Å². The average molecular weight is 397 g/mol. The summed E-state index contributed by atoms with van der Waals surface area (Å²) in [6.45, 7) is 0. The van der Waals surface area contributed by atoms with Crippen molar-refractivity contribution in [2.75, 3.05) is 16.8 Å². The van der Waals surface area contributed by atoms with Gasteiger partial charge >= 0.3 is 0 Å². The third kappa shape index (κ3) is 5.32. The molecule has 8 heteroatoms. The molecule has 1 aromatic carbocycles. The molecule has 0 saturated carbocycles. The Morgan fingerprint density at radius 2 is 1.89 bits per heavy atom. The zero-order chi connectivity index (χ0) is 19.8. The van der Waals surface area contributed by atoms with Crippen molar-refractivity contribution in [2.24, 2.45) is 7.05 Å². The second-order valence-corrected chi connectivity index (χ2v) is 7.46. The maximum atomic E-state index is 12.0. The fourth-order valence-corrected chi connectivity index (χ4v) is 3.65. The standard InChI is InChI=1S/C20H24N6OS/c1-26-19(15-10-12-22-13-11-15)24-25-20(26)28-14-6-2-3-9-18(27)23-17-8-5-4-7-16(17)21/h4-5,7-8,10-13H,2-3,6,9,14,21H2,1H3,(H,23,27). The number of carbonyl (C=O) groups is 1. The Morgan fingerprint density at radius 3 is 2.68 bits per heavy atom. The van der Waals surface area contributed by atoms with Crippen LogP contribution < -0.4 is 11.1 Å². The van der Waals surface area contributed by atoms with Crippen LogP contribution in [-0.2, 0) is 11.8 Å². The monoisotopic (exact) mass is 396 g/mol. The van der Waals surface area contributed by atoms with Gasteiger partial charge in [0.05, 0.1) is 11.4 Å². The highest BCUT2D eigenvalue weighted by atomic mass is 32.2. The van der Waals surface area contributed by atoms with Gasteiger partial charge in [-0.15, -0.1) is 10.2 Å². The number of thioether (sulfide) groups is 1. The summed E-state index contributed by atoms with van der Waals surface area (Å²) in [5, 5.41) is 12.3. The third-order valence-corrected chi connectivity index (χ3v) is 5.39. The zero-order valence-corrected chi connectivity index (χ0v) is 16.7. The number of nitrogens with one attached hydrogen (secondary N) is 1. The topological polar surface area (TPSA) is 98.7 Å². The van der Waals surface area contributed by atoms with Gasteiger partial charge in [-0.3, -0.25) is 9.78 Å². The first-order chi connectivity index (χ1) is 13.6. The van der Waals surface area contributed by atoms with E-state index >= 15 is 0 Å². The number of pyridine rings is 1. The first-order valence-electron chi connectivity index (χ1n) is 9.22. The predicted molar refractivity (Wildman–Crippen MR) is 113 cm³/mol. The van der Waals surface area contributed by atoms with Gasteiger partial charge in [0.1, 0.15) is 0 Å². The van der Waals surface area contributed by atoms with Crippen molar-refractivity contribution in [3.8, 4) is 11.4 Å². The predicted octanol–water partition coefficient (Wildman–Crippen LogP) is 3.75. The van der Waals surface area contributed by atoms with E-state index in [1.54, 1.807) is 30.2 Å². The summed E-state index contributed by atoms with van der Waals surface area (Å²) >= 11 is 1.68. The minimum atomic E-state index is 0.000784. The van der Waals surface area contributed by atoms with Crippen LogP contribution in [0.4, 0.5) is 11.4 Å². The second-order valence-electron chi connectivity index (χ2n) is 6.40. The number of nitrogens with two attached hydrogens (primary N) is 1. The van der Waals surface area contributed by atoms with Gasteiger partial charge in [-0.05, 0) is 37.1 Å². The molecule has 0 aliphatic rings. The van der Waals surface area contributed by atoms with E-state index in [0.29, 0.717) is 17.8 Å². The third-order valence-electron chi connectivity index (χ3n) is 4.29. The lowest BCUT2D eigenvalue weighted by molar-refractivity contribution is -0.116. The second kappa shape index (κ2) is 9.89. The number of rotatable bonds is 9. The lowest BCUT2D eigenvalue weighted by Gasteiger charge is -2.07. The van der Waals surface area contributed by atoms with Gasteiger partial charge in [-0.1, -0.05) is 30.3 Å². The SMILES string of the molecule is Cn1c(SCCCCCC(=O)Nc2ccccc2N)nnc1-c1ccncc1. The van der Waals surface area contributed by atoms with E-state index in [2.05, 4.69) is 20.5 Å². The lowest BCUT2D eigenvalue weighted by atomic mass is 10.2. The highest BCUT2D eigenvalue weighted by molar-refractivity contribution is 7.99. The molecular formula is C20H24N6OS. The van der Waals surface area contributed by atoms with Crippen molar-refractivity contribution in [3.63, 3.8) is 0 Å². The quantitative estimate of drug-likeness (QED) is 0.325. The van der Waals surface area contributed by atoms with Gasteiger partial charge in [-0.25, -0.2) is 0 Å². The van der Waals surface area contributed by atoms with Gasteiger partial charge < -0.3 is 15.6 Å². The first kappa shape index (κ1) is 19.9. The fourth-order valence-electron chi connectivity index (χ4n) is 2.74. The molecule has 28 heavy (non-hydrogen) atoms. The number of hydrogen-bond acceptors (Lipinski definition) is 6. The number of hydrogen-bond donors (Lipinski definition) is 2. The molecule has 1 amide bonds. The molecule has 0 unspecified atom stereocenters. The number of para-hydroxylation sites is 2. The van der Waals surface area contributed by atoms with E-state index in [1.165, 1.54) is 0 Å². The Hall–Kier alpha value is -2.87. The van der Waals surface area contributed by atoms with E-state index in [0.717, 1.165) is 41.6 Å². The number of carbonyl (C=O) groups excluding carboxylic acids is 1. The van der Waals surface area contributed by atoms with Gasteiger partial charge in [0.25, 0.3) is 0 Å². The fraction of sp³-hybridized carbons (Fsp3) is 0.300. The Labute approximate surface area is 168 Å².